The van der Waals surface area contributed by atoms with Gasteiger partial charge in [-0.15, -0.1) is 0 Å². The predicted molar refractivity (Wildman–Crippen MR) is 147 cm³/mol. The van der Waals surface area contributed by atoms with Crippen molar-refractivity contribution in [3.8, 4) is 11.4 Å². The Morgan fingerprint density at radius 1 is 1.08 bits per heavy atom. The molecule has 0 aliphatic carbocycles. The minimum absolute atomic E-state index is 0.0789. The van der Waals surface area contributed by atoms with Crippen LogP contribution < -0.4 is 15.2 Å². The summed E-state index contributed by atoms with van der Waals surface area (Å²) < 4.78 is 13.3. The highest BCUT2D eigenvalue weighted by molar-refractivity contribution is 6.71. The largest absolute Gasteiger partial charge is 0.491 e. The monoisotopic (exact) mass is 534 g/mol. The molecule has 0 radical (unpaired) electrons. The van der Waals surface area contributed by atoms with Crippen LogP contribution in [0.5, 0.6) is 5.75 Å². The summed E-state index contributed by atoms with van der Waals surface area (Å²) in [4.78, 5) is 40.0. The number of para-hydroxylation sites is 1. The lowest BCUT2D eigenvalue weighted by Crippen LogP contribution is -2.46. The molecule has 2 aliphatic heterocycles. The van der Waals surface area contributed by atoms with E-state index in [0.717, 1.165) is 16.8 Å². The molecule has 5 rings (SSSR count). The van der Waals surface area contributed by atoms with Gasteiger partial charge in [0.2, 0.25) is 0 Å². The summed E-state index contributed by atoms with van der Waals surface area (Å²) in [6, 6.07) is 18.5. The first-order valence-electron chi connectivity index (χ1n) is 12.9. The Morgan fingerprint density at radius 2 is 1.84 bits per heavy atom. The molecular weight excluding hydrogens is 500 g/mol. The zero-order valence-electron chi connectivity index (χ0n) is 22.1. The van der Waals surface area contributed by atoms with E-state index in [4.69, 9.17) is 9.47 Å². The van der Waals surface area contributed by atoms with Crippen molar-refractivity contribution in [2.75, 3.05) is 18.6 Å². The number of hydrogen-bond donors (Lipinski definition) is 2. The summed E-state index contributed by atoms with van der Waals surface area (Å²) in [5, 5.41) is 9.73. The highest BCUT2D eigenvalue weighted by Crippen LogP contribution is 2.59. The molecule has 8 nitrogen and oxygen atoms in total. The SMILES string of the molecule is COc1cccn(-c2cccc(CN3C(=O)[C@]4(O[C@H](CCO)[C@@H]([Si](C)(C)O)[C@@H]4C)c4ccccc43)c2)c1=O. The van der Waals surface area contributed by atoms with Gasteiger partial charge in [-0.1, -0.05) is 37.3 Å². The topological polar surface area (TPSA) is 101 Å². The second-order valence-electron chi connectivity index (χ2n) is 10.7. The Kier molecular flexibility index (Phi) is 6.81. The first-order valence-corrected chi connectivity index (χ1v) is 15.9. The molecule has 2 aromatic carbocycles. The highest BCUT2D eigenvalue weighted by atomic mass is 28.4. The summed E-state index contributed by atoms with van der Waals surface area (Å²) in [5.41, 5.74) is 1.38. The van der Waals surface area contributed by atoms with E-state index in [2.05, 4.69) is 0 Å². The molecule has 0 unspecified atom stereocenters. The van der Waals surface area contributed by atoms with Gasteiger partial charge in [0.1, 0.15) is 0 Å². The summed E-state index contributed by atoms with van der Waals surface area (Å²) >= 11 is 0. The molecule has 2 aliphatic rings. The average molecular weight is 535 g/mol. The molecule has 0 bridgehead atoms. The van der Waals surface area contributed by atoms with Gasteiger partial charge in [-0.2, -0.15) is 0 Å². The second kappa shape index (κ2) is 9.81. The summed E-state index contributed by atoms with van der Waals surface area (Å²) in [5.74, 6) is -0.192. The smallest absolute Gasteiger partial charge is 0.297 e. The van der Waals surface area contributed by atoms with Gasteiger partial charge in [0.25, 0.3) is 11.5 Å². The fraction of sp³-hybridized carbons (Fsp3) is 0.379. The number of methoxy groups -OCH3 is 1. The fourth-order valence-corrected chi connectivity index (χ4v) is 9.01. The van der Waals surface area contributed by atoms with Crippen LogP contribution in [-0.4, -0.2) is 48.5 Å². The Bertz CT molecular complexity index is 1420. The number of pyridine rings is 1. The number of ether oxygens (including phenoxy) is 2. The average Bonchev–Trinajstić information content (AvgIpc) is 3.31. The van der Waals surface area contributed by atoms with Crippen LogP contribution in [-0.2, 0) is 21.7 Å². The highest BCUT2D eigenvalue weighted by Gasteiger charge is 2.65. The van der Waals surface area contributed by atoms with Crippen LogP contribution in [0.4, 0.5) is 5.69 Å². The molecule has 2 N–H and O–H groups in total. The van der Waals surface area contributed by atoms with Gasteiger partial charge in [0, 0.05) is 35.5 Å². The number of rotatable bonds is 7. The number of carbonyl (C=O) groups excluding carboxylic acids is 1. The van der Waals surface area contributed by atoms with Crippen molar-refractivity contribution in [1.82, 2.24) is 4.57 Å². The van der Waals surface area contributed by atoms with E-state index in [9.17, 15) is 19.5 Å². The van der Waals surface area contributed by atoms with E-state index in [1.807, 2.05) is 68.5 Å². The minimum atomic E-state index is -2.74. The van der Waals surface area contributed by atoms with Gasteiger partial charge in [0.15, 0.2) is 19.7 Å². The Morgan fingerprint density at radius 3 is 2.55 bits per heavy atom. The number of fused-ring (bicyclic) bond motifs is 2. The Hall–Kier alpha value is -3.24. The molecule has 1 saturated heterocycles. The van der Waals surface area contributed by atoms with Crippen LogP contribution in [0.3, 0.4) is 0 Å². The first-order chi connectivity index (χ1) is 18.1. The summed E-state index contributed by atoms with van der Waals surface area (Å²) in [7, 11) is -1.27. The van der Waals surface area contributed by atoms with E-state index in [1.54, 1.807) is 23.2 Å². The van der Waals surface area contributed by atoms with E-state index in [-0.39, 0.29) is 41.8 Å². The van der Waals surface area contributed by atoms with Crippen molar-refractivity contribution in [1.29, 1.82) is 0 Å². The number of anilines is 1. The molecule has 3 heterocycles. The van der Waals surface area contributed by atoms with Gasteiger partial charge in [0.05, 0.1) is 25.4 Å². The van der Waals surface area contributed by atoms with E-state index >= 15 is 0 Å². The van der Waals surface area contributed by atoms with Crippen LogP contribution in [0.1, 0.15) is 24.5 Å². The quantitative estimate of drug-likeness (QED) is 0.450. The normalized spacial score (nSPS) is 24.7. The number of hydrogen-bond acceptors (Lipinski definition) is 6. The standard InChI is InChI=1S/C29H34N2O6Si/c1-19-26(38(3,4)35)24(14-16-32)37-29(19)22-11-5-6-12-23(22)31(28(29)34)18-20-9-7-10-21(17-20)30-15-8-13-25(36-2)27(30)33/h5-13,15,17,19,24,26,32,35H,14,16,18H2,1-4H3/t19-,24+,26-,29+/m0/s1. The van der Waals surface area contributed by atoms with Gasteiger partial charge < -0.3 is 24.3 Å². The molecule has 1 fully saturated rings. The van der Waals surface area contributed by atoms with Crippen molar-refractivity contribution in [3.63, 3.8) is 0 Å². The zero-order chi connectivity index (χ0) is 27.2. The van der Waals surface area contributed by atoms with Crippen molar-refractivity contribution in [3.05, 3.63) is 88.3 Å². The maximum atomic E-state index is 14.3. The fourth-order valence-electron chi connectivity index (χ4n) is 6.41. The third kappa shape index (κ3) is 4.10. The van der Waals surface area contributed by atoms with Crippen LogP contribution in [0.2, 0.25) is 18.6 Å². The molecular formula is C29H34N2O6Si. The zero-order valence-corrected chi connectivity index (χ0v) is 23.1. The summed E-state index contributed by atoms with van der Waals surface area (Å²) in [6.07, 6.45) is 1.63. The number of aliphatic hydroxyl groups is 1. The van der Waals surface area contributed by atoms with E-state index in [0.29, 0.717) is 12.1 Å². The van der Waals surface area contributed by atoms with Crippen LogP contribution in [0.25, 0.3) is 5.69 Å². The number of carbonyl (C=O) groups is 1. The lowest BCUT2D eigenvalue weighted by Gasteiger charge is -2.32. The molecule has 9 heteroatoms. The maximum absolute atomic E-state index is 14.3. The molecule has 0 saturated carbocycles. The lowest BCUT2D eigenvalue weighted by molar-refractivity contribution is -0.146. The van der Waals surface area contributed by atoms with Crippen LogP contribution in [0.15, 0.2) is 71.7 Å². The van der Waals surface area contributed by atoms with Gasteiger partial charge >= 0.3 is 0 Å². The minimum Gasteiger partial charge on any atom is -0.491 e. The number of aromatic nitrogens is 1. The molecule has 1 aromatic heterocycles. The molecule has 1 amide bonds. The summed E-state index contributed by atoms with van der Waals surface area (Å²) in [6.45, 7) is 5.94. The third-order valence-corrected chi connectivity index (χ3v) is 10.5. The van der Waals surface area contributed by atoms with Gasteiger partial charge in [-0.3, -0.25) is 14.2 Å². The van der Waals surface area contributed by atoms with Gasteiger partial charge in [-0.05, 0) is 55.4 Å². The first kappa shape index (κ1) is 26.4. The van der Waals surface area contributed by atoms with Crippen LogP contribution >= 0.6 is 0 Å². The van der Waals surface area contributed by atoms with E-state index < -0.39 is 20.0 Å². The third-order valence-electron chi connectivity index (χ3n) is 7.97. The number of amides is 1. The molecule has 38 heavy (non-hydrogen) atoms. The van der Waals surface area contributed by atoms with Crippen molar-refractivity contribution < 1.29 is 24.2 Å². The second-order valence-corrected chi connectivity index (χ2v) is 14.7. The molecule has 4 atom stereocenters. The van der Waals surface area contributed by atoms with Crippen molar-refractivity contribution in [2.24, 2.45) is 5.92 Å². The predicted octanol–water partition coefficient (Wildman–Crippen LogP) is 3.57. The van der Waals surface area contributed by atoms with Crippen molar-refractivity contribution in [2.45, 2.75) is 50.2 Å². The number of nitrogens with zero attached hydrogens (tertiary/aromatic N) is 2. The maximum Gasteiger partial charge on any atom is 0.297 e. The molecule has 3 aromatic rings. The molecule has 200 valence electrons. The Balaban J connectivity index is 1.54. The molecule has 1 spiro atoms. The number of aliphatic hydroxyl groups excluding tert-OH is 1. The van der Waals surface area contributed by atoms with Gasteiger partial charge in [-0.25, -0.2) is 0 Å². The van der Waals surface area contributed by atoms with Crippen LogP contribution in [0, 0.1) is 5.92 Å². The Labute approximate surface area is 223 Å². The van der Waals surface area contributed by atoms with E-state index in [1.165, 1.54) is 11.7 Å². The lowest BCUT2D eigenvalue weighted by atomic mass is 9.82. The number of benzene rings is 2. The van der Waals surface area contributed by atoms with Crippen molar-refractivity contribution >= 4 is 19.9 Å².